The molecule has 2 heterocycles. The lowest BCUT2D eigenvalue weighted by Crippen LogP contribution is -2.39. The first kappa shape index (κ1) is 18.2. The van der Waals surface area contributed by atoms with Crippen LogP contribution >= 0.6 is 11.3 Å². The minimum atomic E-state index is 0.643. The van der Waals surface area contributed by atoms with Gasteiger partial charge >= 0.3 is 0 Å². The van der Waals surface area contributed by atoms with E-state index < -0.39 is 0 Å². The molecule has 3 rings (SSSR count). The topological polar surface area (TPSA) is 53.7 Å². The van der Waals surface area contributed by atoms with E-state index >= 15 is 0 Å². The van der Waals surface area contributed by atoms with Gasteiger partial charge in [0.2, 0.25) is 0 Å². The molecule has 0 saturated heterocycles. The van der Waals surface area contributed by atoms with Gasteiger partial charge in [-0.2, -0.15) is 0 Å². The number of aryl methyl sites for hydroxylation is 1. The average molecular weight is 369 g/mol. The highest BCUT2D eigenvalue weighted by Crippen LogP contribution is 2.10. The van der Waals surface area contributed by atoms with Crippen LogP contribution in [0.3, 0.4) is 0 Å². The molecule has 0 aliphatic carbocycles. The molecular formula is C20H24N4OS. The largest absolute Gasteiger partial charge is 0.469 e. The van der Waals surface area contributed by atoms with Gasteiger partial charge in [0.15, 0.2) is 5.96 Å². The number of aromatic nitrogens is 1. The second-order valence-electron chi connectivity index (χ2n) is 6.10. The van der Waals surface area contributed by atoms with Gasteiger partial charge in [0.25, 0.3) is 0 Å². The minimum absolute atomic E-state index is 0.643. The van der Waals surface area contributed by atoms with Gasteiger partial charge in [-0.25, -0.2) is 9.98 Å². The van der Waals surface area contributed by atoms with Gasteiger partial charge in [-0.3, -0.25) is 0 Å². The molecule has 0 saturated carbocycles. The van der Waals surface area contributed by atoms with Crippen molar-refractivity contribution in [3.05, 3.63) is 76.1 Å². The molecule has 1 N–H and O–H groups in total. The Labute approximate surface area is 158 Å². The lowest BCUT2D eigenvalue weighted by atomic mass is 10.2. The molecule has 0 spiro atoms. The Morgan fingerprint density at radius 2 is 2.08 bits per heavy atom. The van der Waals surface area contributed by atoms with E-state index in [9.17, 15) is 0 Å². The SMILES string of the molecule is Cc1nc(CN(C)C(=NCc2ccccc2)NCCc2ccco2)cs1. The van der Waals surface area contributed by atoms with E-state index in [1.165, 1.54) is 5.56 Å². The van der Waals surface area contributed by atoms with Gasteiger partial charge in [-0.1, -0.05) is 30.3 Å². The Bertz CT molecular complexity index is 811. The third-order valence-corrected chi connectivity index (χ3v) is 4.74. The molecule has 0 radical (unpaired) electrons. The van der Waals surface area contributed by atoms with E-state index in [2.05, 4.69) is 32.7 Å². The van der Waals surface area contributed by atoms with Crippen molar-refractivity contribution in [1.29, 1.82) is 0 Å². The molecule has 0 bridgehead atoms. The first-order chi connectivity index (χ1) is 12.7. The van der Waals surface area contributed by atoms with Crippen molar-refractivity contribution in [1.82, 2.24) is 15.2 Å². The van der Waals surface area contributed by atoms with E-state index in [0.29, 0.717) is 6.54 Å². The van der Waals surface area contributed by atoms with Crippen molar-refractivity contribution < 1.29 is 4.42 Å². The Morgan fingerprint density at radius 1 is 1.23 bits per heavy atom. The van der Waals surface area contributed by atoms with Crippen LogP contribution in [0.25, 0.3) is 0 Å². The third kappa shape index (κ3) is 5.46. The Kier molecular flexibility index (Phi) is 6.44. The molecule has 5 nitrogen and oxygen atoms in total. The zero-order valence-electron chi connectivity index (χ0n) is 15.2. The van der Waals surface area contributed by atoms with Crippen LogP contribution in [0.15, 0.2) is 63.5 Å². The van der Waals surface area contributed by atoms with Gasteiger partial charge in [-0.05, 0) is 24.6 Å². The first-order valence-electron chi connectivity index (χ1n) is 8.67. The van der Waals surface area contributed by atoms with E-state index in [1.54, 1.807) is 17.6 Å². The highest BCUT2D eigenvalue weighted by atomic mass is 32.1. The molecule has 0 unspecified atom stereocenters. The first-order valence-corrected chi connectivity index (χ1v) is 9.55. The number of aliphatic imine (C=N–C) groups is 1. The smallest absolute Gasteiger partial charge is 0.194 e. The number of nitrogens with zero attached hydrogens (tertiary/aromatic N) is 3. The van der Waals surface area contributed by atoms with Crippen molar-refractivity contribution in [2.75, 3.05) is 13.6 Å². The summed E-state index contributed by atoms with van der Waals surface area (Å²) >= 11 is 1.67. The lowest BCUT2D eigenvalue weighted by molar-refractivity contribution is 0.463. The summed E-state index contributed by atoms with van der Waals surface area (Å²) in [6.07, 6.45) is 2.53. The summed E-state index contributed by atoms with van der Waals surface area (Å²) in [7, 11) is 2.04. The summed E-state index contributed by atoms with van der Waals surface area (Å²) in [5, 5.41) is 6.63. The van der Waals surface area contributed by atoms with Gasteiger partial charge in [0.1, 0.15) is 5.76 Å². The highest BCUT2D eigenvalue weighted by molar-refractivity contribution is 7.09. The van der Waals surface area contributed by atoms with Crippen molar-refractivity contribution in [2.24, 2.45) is 4.99 Å². The quantitative estimate of drug-likeness (QED) is 0.508. The molecule has 6 heteroatoms. The number of guanidine groups is 1. The molecule has 0 aliphatic rings. The molecule has 136 valence electrons. The number of thiazole rings is 1. The van der Waals surface area contributed by atoms with Crippen molar-refractivity contribution >= 4 is 17.3 Å². The molecular weight excluding hydrogens is 344 g/mol. The molecule has 3 aromatic rings. The summed E-state index contributed by atoms with van der Waals surface area (Å²) in [6.45, 7) is 4.16. The molecule has 0 atom stereocenters. The Balaban J connectivity index is 1.64. The summed E-state index contributed by atoms with van der Waals surface area (Å²) in [5.41, 5.74) is 2.26. The number of hydrogen-bond donors (Lipinski definition) is 1. The standard InChI is InChI=1S/C20H24N4OS/c1-16-23-18(15-26-16)14-24(2)20(21-11-10-19-9-6-12-25-19)22-13-17-7-4-3-5-8-17/h3-9,12,15H,10-11,13-14H2,1-2H3,(H,21,22). The second-order valence-corrected chi connectivity index (χ2v) is 7.16. The predicted molar refractivity (Wildman–Crippen MR) is 106 cm³/mol. The summed E-state index contributed by atoms with van der Waals surface area (Å²) < 4.78 is 5.40. The molecule has 2 aromatic heterocycles. The molecule has 0 aliphatic heterocycles. The number of rotatable bonds is 7. The van der Waals surface area contributed by atoms with Gasteiger partial charge in [0, 0.05) is 25.4 Å². The second kappa shape index (κ2) is 9.20. The van der Waals surface area contributed by atoms with Crippen LogP contribution in [-0.2, 0) is 19.5 Å². The van der Waals surface area contributed by atoms with E-state index in [1.807, 2.05) is 44.3 Å². The van der Waals surface area contributed by atoms with Crippen LogP contribution in [-0.4, -0.2) is 29.4 Å². The fraction of sp³-hybridized carbons (Fsp3) is 0.300. The Morgan fingerprint density at radius 3 is 2.77 bits per heavy atom. The normalized spacial score (nSPS) is 11.5. The molecule has 0 fully saturated rings. The van der Waals surface area contributed by atoms with Crippen molar-refractivity contribution in [3.63, 3.8) is 0 Å². The van der Waals surface area contributed by atoms with Crippen LogP contribution in [0.2, 0.25) is 0 Å². The molecule has 26 heavy (non-hydrogen) atoms. The maximum Gasteiger partial charge on any atom is 0.194 e. The predicted octanol–water partition coefficient (Wildman–Crippen LogP) is 3.86. The zero-order valence-corrected chi connectivity index (χ0v) is 16.0. The van der Waals surface area contributed by atoms with E-state index in [-0.39, 0.29) is 0 Å². The maximum absolute atomic E-state index is 5.40. The average Bonchev–Trinajstić information content (AvgIpc) is 3.30. The fourth-order valence-electron chi connectivity index (χ4n) is 2.61. The van der Waals surface area contributed by atoms with Crippen LogP contribution in [0.1, 0.15) is 22.0 Å². The van der Waals surface area contributed by atoms with Crippen LogP contribution in [0, 0.1) is 6.92 Å². The van der Waals surface area contributed by atoms with E-state index in [0.717, 1.165) is 41.9 Å². The molecule has 0 amide bonds. The zero-order chi connectivity index (χ0) is 18.2. The number of nitrogens with one attached hydrogen (secondary N) is 1. The van der Waals surface area contributed by atoms with Gasteiger partial charge in [-0.15, -0.1) is 11.3 Å². The highest BCUT2D eigenvalue weighted by Gasteiger charge is 2.09. The summed E-state index contributed by atoms with van der Waals surface area (Å²) in [4.78, 5) is 11.5. The number of benzene rings is 1. The lowest BCUT2D eigenvalue weighted by Gasteiger charge is -2.21. The van der Waals surface area contributed by atoms with Crippen LogP contribution in [0.4, 0.5) is 0 Å². The van der Waals surface area contributed by atoms with Gasteiger partial charge in [0.05, 0.1) is 30.1 Å². The fourth-order valence-corrected chi connectivity index (χ4v) is 3.22. The van der Waals surface area contributed by atoms with Crippen LogP contribution < -0.4 is 5.32 Å². The van der Waals surface area contributed by atoms with E-state index in [4.69, 9.17) is 9.41 Å². The summed E-state index contributed by atoms with van der Waals surface area (Å²) in [6, 6.07) is 14.2. The minimum Gasteiger partial charge on any atom is -0.469 e. The number of furan rings is 1. The van der Waals surface area contributed by atoms with Crippen molar-refractivity contribution in [3.8, 4) is 0 Å². The Hall–Kier alpha value is -2.60. The van der Waals surface area contributed by atoms with Crippen molar-refractivity contribution in [2.45, 2.75) is 26.4 Å². The van der Waals surface area contributed by atoms with Gasteiger partial charge < -0.3 is 14.6 Å². The monoisotopic (exact) mass is 368 g/mol. The molecule has 1 aromatic carbocycles. The maximum atomic E-state index is 5.40. The third-order valence-electron chi connectivity index (χ3n) is 3.92. The van der Waals surface area contributed by atoms with Crippen LogP contribution in [0.5, 0.6) is 0 Å². The number of hydrogen-bond acceptors (Lipinski definition) is 4. The summed E-state index contributed by atoms with van der Waals surface area (Å²) in [5.74, 6) is 1.84.